The maximum atomic E-state index is 14.5. The van der Waals surface area contributed by atoms with Gasteiger partial charge in [0.1, 0.15) is 5.65 Å². The average molecular weight is 617 g/mol. The highest BCUT2D eigenvalue weighted by Gasteiger charge is 2.22. The molecule has 0 aliphatic carbocycles. The number of hydrogen-bond donors (Lipinski definition) is 0. The van der Waals surface area contributed by atoms with Crippen LogP contribution in [0.1, 0.15) is 38.2 Å². The highest BCUT2D eigenvalue weighted by atomic mass is 35.5. The first kappa shape index (κ1) is 28.5. The van der Waals surface area contributed by atoms with Crippen molar-refractivity contribution in [2.45, 2.75) is 39.0 Å². The Bertz CT molecular complexity index is 2410. The van der Waals surface area contributed by atoms with E-state index in [1.165, 1.54) is 31.2 Å². The van der Waals surface area contributed by atoms with E-state index in [9.17, 15) is 4.79 Å². The second-order valence-corrected chi connectivity index (χ2v) is 12.6. The molecule has 6 aromatic carbocycles. The zero-order valence-corrected chi connectivity index (χ0v) is 26.5. The Morgan fingerprint density at radius 2 is 1.33 bits per heavy atom. The van der Waals surface area contributed by atoms with Crippen molar-refractivity contribution >= 4 is 49.8 Å². The number of benzene rings is 6. The fourth-order valence-corrected chi connectivity index (χ4v) is 7.24. The van der Waals surface area contributed by atoms with Crippen LogP contribution < -0.4 is 5.56 Å². The molecule has 2 heterocycles. The van der Waals surface area contributed by atoms with Crippen molar-refractivity contribution in [2.24, 2.45) is 0 Å². The first-order valence-corrected chi connectivity index (χ1v) is 16.6. The molecule has 0 bridgehead atoms. The normalized spacial score (nSPS) is 11.8. The van der Waals surface area contributed by atoms with Crippen LogP contribution >= 0.6 is 11.6 Å². The Balaban J connectivity index is 1.37. The molecule has 0 saturated carbocycles. The molecule has 224 valence electrons. The molecule has 3 nitrogen and oxygen atoms in total. The van der Waals surface area contributed by atoms with Crippen molar-refractivity contribution in [2.75, 3.05) is 0 Å². The summed E-state index contributed by atoms with van der Waals surface area (Å²) in [4.78, 5) is 19.7. The van der Waals surface area contributed by atoms with Gasteiger partial charge in [-0.1, -0.05) is 129 Å². The molecule has 0 radical (unpaired) electrons. The molecular formula is C42H33ClN2O. The standard InChI is InChI=1S/C42H33ClN2O/c1-2-3-4-7-12-27-17-19-30(20-18-27)32-21-22-34-38-33(23-24-36(43)39(32)38)41-44-40-35(29-15-10-6-11-16-29)25-31(28-13-8-5-9-14-28)26-37(40)45(41)42(34)46/h5-6,8-11,13-26H,2-4,7,12H2,1H3. The molecule has 4 heteroatoms. The summed E-state index contributed by atoms with van der Waals surface area (Å²) in [6, 6.07) is 41.7. The van der Waals surface area contributed by atoms with Gasteiger partial charge in [-0.25, -0.2) is 4.98 Å². The van der Waals surface area contributed by atoms with Gasteiger partial charge in [0, 0.05) is 32.1 Å². The van der Waals surface area contributed by atoms with E-state index in [0.29, 0.717) is 16.1 Å². The topological polar surface area (TPSA) is 34.4 Å². The van der Waals surface area contributed by atoms with E-state index in [1.54, 1.807) is 4.40 Å². The molecule has 0 atom stereocenters. The summed E-state index contributed by atoms with van der Waals surface area (Å²) in [7, 11) is 0. The molecule has 8 rings (SSSR count). The van der Waals surface area contributed by atoms with Crippen LogP contribution in [0.15, 0.2) is 126 Å². The summed E-state index contributed by atoms with van der Waals surface area (Å²) in [6.07, 6.45) is 6.09. The van der Waals surface area contributed by atoms with E-state index in [4.69, 9.17) is 16.6 Å². The first-order valence-electron chi connectivity index (χ1n) is 16.2. The van der Waals surface area contributed by atoms with Gasteiger partial charge in [0.15, 0.2) is 0 Å². The van der Waals surface area contributed by atoms with Crippen molar-refractivity contribution in [3.63, 3.8) is 0 Å². The van der Waals surface area contributed by atoms with Crippen LogP contribution in [0.2, 0.25) is 5.02 Å². The summed E-state index contributed by atoms with van der Waals surface area (Å²) >= 11 is 6.98. The molecule has 46 heavy (non-hydrogen) atoms. The highest BCUT2D eigenvalue weighted by Crippen LogP contribution is 2.41. The van der Waals surface area contributed by atoms with Crippen molar-refractivity contribution in [1.29, 1.82) is 0 Å². The summed E-state index contributed by atoms with van der Waals surface area (Å²) in [5, 5.41) is 3.95. The maximum absolute atomic E-state index is 14.5. The van der Waals surface area contributed by atoms with Gasteiger partial charge in [0.2, 0.25) is 0 Å². The summed E-state index contributed by atoms with van der Waals surface area (Å²) in [5.41, 5.74) is 9.82. The van der Waals surface area contributed by atoms with Crippen molar-refractivity contribution in [1.82, 2.24) is 9.38 Å². The number of rotatable bonds is 8. The van der Waals surface area contributed by atoms with E-state index in [2.05, 4.69) is 73.7 Å². The molecule has 0 N–H and O–H groups in total. The molecule has 0 aliphatic heterocycles. The van der Waals surface area contributed by atoms with Crippen LogP contribution in [-0.2, 0) is 6.42 Å². The number of nitrogens with zero attached hydrogens (tertiary/aromatic N) is 2. The van der Waals surface area contributed by atoms with Crippen LogP contribution in [0.4, 0.5) is 0 Å². The van der Waals surface area contributed by atoms with Crippen molar-refractivity contribution < 1.29 is 0 Å². The number of fused-ring (bicyclic) bond motifs is 4. The lowest BCUT2D eigenvalue weighted by Crippen LogP contribution is -2.13. The maximum Gasteiger partial charge on any atom is 0.264 e. The van der Waals surface area contributed by atoms with E-state index in [-0.39, 0.29) is 5.56 Å². The zero-order valence-electron chi connectivity index (χ0n) is 25.8. The number of aromatic nitrogens is 2. The minimum Gasteiger partial charge on any atom is -0.268 e. The number of halogens is 1. The Morgan fingerprint density at radius 1 is 0.630 bits per heavy atom. The molecule has 0 fully saturated rings. The third-order valence-electron chi connectivity index (χ3n) is 9.32. The van der Waals surface area contributed by atoms with E-state index in [1.807, 2.05) is 54.6 Å². The Hall–Kier alpha value is -4.99. The first-order chi connectivity index (χ1) is 22.6. The van der Waals surface area contributed by atoms with Crippen LogP contribution in [0.3, 0.4) is 0 Å². The quantitative estimate of drug-likeness (QED) is 0.159. The SMILES string of the molecule is CCCCCCc1ccc(-c2ccc3c(=O)n4c5cc(-c6ccccc6)cc(-c6ccccc6)c5nc4c4ccc(Cl)c2c34)cc1. The number of aryl methyl sites for hydroxylation is 1. The van der Waals surface area contributed by atoms with Gasteiger partial charge in [-0.2, -0.15) is 0 Å². The van der Waals surface area contributed by atoms with Gasteiger partial charge >= 0.3 is 0 Å². The van der Waals surface area contributed by atoms with Gasteiger partial charge in [-0.3, -0.25) is 9.20 Å². The van der Waals surface area contributed by atoms with Crippen LogP contribution in [-0.4, -0.2) is 9.38 Å². The third-order valence-corrected chi connectivity index (χ3v) is 9.64. The highest BCUT2D eigenvalue weighted by molar-refractivity contribution is 6.39. The molecule has 0 amide bonds. The average Bonchev–Trinajstić information content (AvgIpc) is 3.50. The van der Waals surface area contributed by atoms with Gasteiger partial charge in [0.25, 0.3) is 5.56 Å². The van der Waals surface area contributed by atoms with Crippen molar-refractivity contribution in [3.8, 4) is 33.4 Å². The van der Waals surface area contributed by atoms with Crippen molar-refractivity contribution in [3.05, 3.63) is 142 Å². The van der Waals surface area contributed by atoms with E-state index < -0.39 is 0 Å². The molecule has 0 spiro atoms. The molecular weight excluding hydrogens is 584 g/mol. The molecule has 8 aromatic rings. The number of unbranched alkanes of at least 4 members (excludes halogenated alkanes) is 3. The monoisotopic (exact) mass is 616 g/mol. The van der Waals surface area contributed by atoms with Gasteiger partial charge in [-0.15, -0.1) is 0 Å². The molecule has 0 saturated heterocycles. The number of imidazole rings is 1. The van der Waals surface area contributed by atoms with Gasteiger partial charge in [-0.05, 0) is 76.6 Å². The van der Waals surface area contributed by atoms with Crippen LogP contribution in [0, 0.1) is 0 Å². The fraction of sp³-hybridized carbons (Fsp3) is 0.143. The zero-order chi connectivity index (χ0) is 31.2. The summed E-state index contributed by atoms with van der Waals surface area (Å²) in [6.45, 7) is 2.24. The minimum absolute atomic E-state index is 0.0875. The Kier molecular flexibility index (Phi) is 7.27. The lowest BCUT2D eigenvalue weighted by atomic mass is 9.93. The van der Waals surface area contributed by atoms with Crippen LogP contribution in [0.5, 0.6) is 0 Å². The Labute approximate surface area is 273 Å². The summed E-state index contributed by atoms with van der Waals surface area (Å²) in [5.74, 6) is 0. The molecule has 2 aromatic heterocycles. The number of pyridine rings is 1. The molecule has 0 unspecified atom stereocenters. The third kappa shape index (κ3) is 4.74. The van der Waals surface area contributed by atoms with Gasteiger partial charge in [0.05, 0.1) is 11.0 Å². The smallest absolute Gasteiger partial charge is 0.264 e. The predicted octanol–water partition coefficient (Wildman–Crippen LogP) is 11.4. The van der Waals surface area contributed by atoms with Crippen LogP contribution in [0.25, 0.3) is 71.6 Å². The van der Waals surface area contributed by atoms with Gasteiger partial charge < -0.3 is 0 Å². The number of hydrogen-bond acceptors (Lipinski definition) is 2. The molecule has 0 aliphatic rings. The largest absolute Gasteiger partial charge is 0.268 e. The van der Waals surface area contributed by atoms with E-state index >= 15 is 0 Å². The lowest BCUT2D eigenvalue weighted by molar-refractivity contribution is 0.667. The minimum atomic E-state index is -0.0875. The second-order valence-electron chi connectivity index (χ2n) is 12.2. The second kappa shape index (κ2) is 11.7. The lowest BCUT2D eigenvalue weighted by Gasteiger charge is -2.14. The summed E-state index contributed by atoms with van der Waals surface area (Å²) < 4.78 is 1.80. The fourth-order valence-electron chi connectivity index (χ4n) is 6.98. The van der Waals surface area contributed by atoms with E-state index in [0.717, 1.165) is 67.0 Å². The Morgan fingerprint density at radius 3 is 2.07 bits per heavy atom. The predicted molar refractivity (Wildman–Crippen MR) is 194 cm³/mol.